The first-order chi connectivity index (χ1) is 20.7. The van der Waals surface area contributed by atoms with Gasteiger partial charge in [0.1, 0.15) is 6.61 Å². The summed E-state index contributed by atoms with van der Waals surface area (Å²) in [6, 6.07) is 13.9. The van der Waals surface area contributed by atoms with E-state index in [9.17, 15) is 39.5 Å². The number of alkyl halides is 9. The van der Waals surface area contributed by atoms with Gasteiger partial charge in [-0.1, -0.05) is 12.1 Å². The molecule has 0 fully saturated rings. The Morgan fingerprint density at radius 1 is 0.756 bits per heavy atom. The van der Waals surface area contributed by atoms with E-state index < -0.39 is 36.4 Å². The summed E-state index contributed by atoms with van der Waals surface area (Å²) in [6.07, 6.45) is -9.82. The summed E-state index contributed by atoms with van der Waals surface area (Å²) in [5.74, 6) is -7.62. The highest BCUT2D eigenvalue weighted by molar-refractivity contribution is 5.73. The SMILES string of the molecule is O=C(O)C(F)(F)F.O=C(O)C(F)(F)F.O=C(O)C(F)(F)F.c1ccc(CN2Cc3ccnn3C(COc3ccccn3)C2)nc1. The normalized spacial score (nSPS) is 14.6. The molecular formula is C24H22F9N5O7. The van der Waals surface area contributed by atoms with Crippen LogP contribution >= 0.6 is 0 Å². The molecule has 0 aliphatic carbocycles. The van der Waals surface area contributed by atoms with E-state index in [0.29, 0.717) is 12.5 Å². The van der Waals surface area contributed by atoms with Gasteiger partial charge in [-0.15, -0.1) is 0 Å². The number of hydrogen-bond donors (Lipinski definition) is 3. The number of carbonyl (C=O) groups is 3. The zero-order chi connectivity index (χ0) is 34.4. The van der Waals surface area contributed by atoms with Crippen molar-refractivity contribution in [2.24, 2.45) is 0 Å². The summed E-state index contributed by atoms with van der Waals surface area (Å²) in [4.78, 5) is 37.7. The van der Waals surface area contributed by atoms with Crippen molar-refractivity contribution in [1.82, 2.24) is 24.6 Å². The largest absolute Gasteiger partial charge is 0.490 e. The molecule has 0 amide bonds. The molecule has 3 aromatic heterocycles. The van der Waals surface area contributed by atoms with Crippen molar-refractivity contribution in [3.8, 4) is 5.88 Å². The lowest BCUT2D eigenvalue weighted by Crippen LogP contribution is -2.39. The van der Waals surface area contributed by atoms with Crippen LogP contribution in [0, 0.1) is 0 Å². The Kier molecular flexibility index (Phi) is 14.2. The molecule has 0 radical (unpaired) electrons. The van der Waals surface area contributed by atoms with Gasteiger partial charge >= 0.3 is 36.4 Å². The van der Waals surface area contributed by atoms with Crippen molar-refractivity contribution < 1.29 is 74.0 Å². The number of aliphatic carboxylic acids is 3. The number of halogens is 9. The highest BCUT2D eigenvalue weighted by atomic mass is 19.4. The van der Waals surface area contributed by atoms with Crippen LogP contribution in [0.15, 0.2) is 61.1 Å². The summed E-state index contributed by atoms with van der Waals surface area (Å²) >= 11 is 0. The second-order valence-corrected chi connectivity index (χ2v) is 8.30. The fourth-order valence-electron chi connectivity index (χ4n) is 3.04. The highest BCUT2D eigenvalue weighted by Gasteiger charge is 2.39. The van der Waals surface area contributed by atoms with Crippen molar-refractivity contribution in [2.75, 3.05) is 13.2 Å². The molecule has 4 rings (SSSR count). The average molecular weight is 663 g/mol. The Bertz CT molecular complexity index is 1300. The van der Waals surface area contributed by atoms with Crippen LogP contribution in [0.4, 0.5) is 39.5 Å². The Hall–Kier alpha value is -4.95. The summed E-state index contributed by atoms with van der Waals surface area (Å²) in [6.45, 7) is 3.12. The van der Waals surface area contributed by atoms with Crippen LogP contribution in [-0.2, 0) is 27.5 Å². The van der Waals surface area contributed by atoms with Crippen molar-refractivity contribution in [1.29, 1.82) is 0 Å². The van der Waals surface area contributed by atoms with Gasteiger partial charge in [-0.25, -0.2) is 19.4 Å². The molecule has 3 aromatic rings. The van der Waals surface area contributed by atoms with Crippen molar-refractivity contribution in [3.05, 3.63) is 72.4 Å². The number of hydrogen-bond acceptors (Lipinski definition) is 8. The lowest BCUT2D eigenvalue weighted by molar-refractivity contribution is -0.193. The third-order valence-electron chi connectivity index (χ3n) is 4.85. The minimum absolute atomic E-state index is 0.162. The van der Waals surface area contributed by atoms with Gasteiger partial charge in [-0.2, -0.15) is 44.6 Å². The highest BCUT2D eigenvalue weighted by Crippen LogP contribution is 2.22. The summed E-state index contributed by atoms with van der Waals surface area (Å²) in [7, 11) is 0. The number of ether oxygens (including phenoxy) is 1. The van der Waals surface area contributed by atoms with E-state index in [2.05, 4.69) is 36.8 Å². The van der Waals surface area contributed by atoms with Crippen LogP contribution in [0.1, 0.15) is 17.4 Å². The van der Waals surface area contributed by atoms with E-state index in [-0.39, 0.29) is 6.04 Å². The van der Waals surface area contributed by atoms with E-state index in [0.717, 1.165) is 25.3 Å². The van der Waals surface area contributed by atoms with Gasteiger partial charge < -0.3 is 20.1 Å². The molecule has 0 aromatic carbocycles. The second-order valence-electron chi connectivity index (χ2n) is 8.30. The molecule has 1 aliphatic heterocycles. The molecule has 0 spiro atoms. The lowest BCUT2D eigenvalue weighted by atomic mass is 10.2. The molecule has 0 saturated carbocycles. The molecule has 45 heavy (non-hydrogen) atoms. The van der Waals surface area contributed by atoms with Crippen LogP contribution < -0.4 is 4.74 Å². The fourth-order valence-corrected chi connectivity index (χ4v) is 3.04. The standard InChI is InChI=1S/C18H19N5O.3C2HF3O2/c1-3-8-19-15(5-1)11-22-12-16-7-10-21-23(16)17(13-22)14-24-18-6-2-4-9-20-18;3*3-2(4,5)1(6)7/h1-10,17H,11-14H2;3*(H,6,7). The van der Waals surface area contributed by atoms with Crippen LogP contribution in [-0.4, -0.2) is 89.6 Å². The van der Waals surface area contributed by atoms with Gasteiger partial charge in [0, 0.05) is 44.3 Å². The molecule has 1 atom stereocenters. The second kappa shape index (κ2) is 16.8. The Morgan fingerprint density at radius 2 is 1.24 bits per heavy atom. The molecule has 21 heteroatoms. The zero-order valence-electron chi connectivity index (χ0n) is 22.3. The molecule has 1 unspecified atom stereocenters. The maximum absolute atomic E-state index is 10.6. The van der Waals surface area contributed by atoms with Gasteiger partial charge in [0.25, 0.3) is 0 Å². The molecule has 0 saturated heterocycles. The third-order valence-corrected chi connectivity index (χ3v) is 4.85. The molecule has 0 bridgehead atoms. The van der Waals surface area contributed by atoms with E-state index >= 15 is 0 Å². The van der Waals surface area contributed by atoms with E-state index in [1.165, 1.54) is 5.69 Å². The van der Waals surface area contributed by atoms with Crippen LogP contribution in [0.5, 0.6) is 5.88 Å². The monoisotopic (exact) mass is 663 g/mol. The lowest BCUT2D eigenvalue weighted by Gasteiger charge is -2.33. The van der Waals surface area contributed by atoms with Gasteiger partial charge in [-0.05, 0) is 24.3 Å². The van der Waals surface area contributed by atoms with Crippen LogP contribution in [0.3, 0.4) is 0 Å². The summed E-state index contributed by atoms with van der Waals surface area (Å²) in [5, 5.41) is 25.8. The molecule has 4 heterocycles. The van der Waals surface area contributed by atoms with Crippen LogP contribution in [0.25, 0.3) is 0 Å². The average Bonchev–Trinajstić information content (AvgIpc) is 3.41. The number of fused-ring (bicyclic) bond motifs is 1. The minimum Gasteiger partial charge on any atom is -0.475 e. The molecule has 248 valence electrons. The maximum Gasteiger partial charge on any atom is 0.490 e. The Morgan fingerprint density at radius 3 is 1.67 bits per heavy atom. The predicted molar refractivity (Wildman–Crippen MR) is 130 cm³/mol. The first kappa shape index (κ1) is 38.1. The van der Waals surface area contributed by atoms with Crippen molar-refractivity contribution in [2.45, 2.75) is 37.7 Å². The molecule has 12 nitrogen and oxygen atoms in total. The van der Waals surface area contributed by atoms with Gasteiger partial charge in [0.15, 0.2) is 0 Å². The number of carboxylic acid groups (broad SMARTS) is 3. The maximum atomic E-state index is 10.6. The van der Waals surface area contributed by atoms with Crippen molar-refractivity contribution in [3.63, 3.8) is 0 Å². The number of pyridine rings is 2. The topological polar surface area (TPSA) is 168 Å². The zero-order valence-corrected chi connectivity index (χ0v) is 22.3. The van der Waals surface area contributed by atoms with Gasteiger partial charge in [-0.3, -0.25) is 14.6 Å². The molecular weight excluding hydrogens is 641 g/mol. The van der Waals surface area contributed by atoms with Gasteiger partial charge in [0.2, 0.25) is 5.88 Å². The number of nitrogens with zero attached hydrogens (tertiary/aromatic N) is 5. The third kappa shape index (κ3) is 14.9. The van der Waals surface area contributed by atoms with Crippen molar-refractivity contribution >= 4 is 17.9 Å². The summed E-state index contributed by atoms with van der Waals surface area (Å²) < 4.78 is 103. The summed E-state index contributed by atoms with van der Waals surface area (Å²) in [5.41, 5.74) is 2.28. The Labute approximate surface area is 246 Å². The molecule has 1 aliphatic rings. The number of rotatable bonds is 5. The Balaban J connectivity index is 0.000000396. The number of carboxylic acids is 3. The quantitative estimate of drug-likeness (QED) is 0.335. The van der Waals surface area contributed by atoms with E-state index in [1.807, 2.05) is 42.7 Å². The smallest absolute Gasteiger partial charge is 0.475 e. The predicted octanol–water partition coefficient (Wildman–Crippen LogP) is 4.21. The molecule has 3 N–H and O–H groups in total. The van der Waals surface area contributed by atoms with Crippen LogP contribution in [0.2, 0.25) is 0 Å². The minimum atomic E-state index is -5.08. The number of aromatic nitrogens is 4. The van der Waals surface area contributed by atoms with E-state index in [1.54, 1.807) is 6.20 Å². The first-order valence-corrected chi connectivity index (χ1v) is 11.8. The first-order valence-electron chi connectivity index (χ1n) is 11.8. The van der Waals surface area contributed by atoms with E-state index in [4.69, 9.17) is 34.4 Å². The van der Waals surface area contributed by atoms with Gasteiger partial charge in [0.05, 0.1) is 17.4 Å². The fraction of sp³-hybridized carbons (Fsp3) is 0.333.